The summed E-state index contributed by atoms with van der Waals surface area (Å²) in [5.74, 6) is -0.602. The van der Waals surface area contributed by atoms with Gasteiger partial charge in [-0.05, 0) is 31.0 Å². The summed E-state index contributed by atoms with van der Waals surface area (Å²) in [4.78, 5) is 22.7. The van der Waals surface area contributed by atoms with Gasteiger partial charge in [0.2, 0.25) is 5.91 Å². The van der Waals surface area contributed by atoms with Crippen LogP contribution in [0.3, 0.4) is 0 Å². The molecule has 0 bridgehead atoms. The Morgan fingerprint density at radius 3 is 2.82 bits per heavy atom. The number of carboxylic acid groups (broad SMARTS) is 1. The Kier molecular flexibility index (Phi) is 1.92. The van der Waals surface area contributed by atoms with Gasteiger partial charge in [-0.2, -0.15) is 0 Å². The van der Waals surface area contributed by atoms with Crippen LogP contribution in [-0.2, 0) is 4.79 Å². The molecule has 1 fully saturated rings. The number of anilines is 1. The Hall–Kier alpha value is -2.04. The van der Waals surface area contributed by atoms with Gasteiger partial charge in [0.1, 0.15) is 12.4 Å². The molecular formula is C12H11NO4. The molecule has 1 aliphatic carbocycles. The van der Waals surface area contributed by atoms with Crippen LogP contribution >= 0.6 is 0 Å². The zero-order valence-corrected chi connectivity index (χ0v) is 9.03. The summed E-state index contributed by atoms with van der Waals surface area (Å²) in [7, 11) is 0. The first-order valence-electron chi connectivity index (χ1n) is 5.42. The number of rotatable bonds is 1. The van der Waals surface area contributed by atoms with Crippen molar-refractivity contribution in [2.24, 2.45) is 5.41 Å². The lowest BCUT2D eigenvalue weighted by Gasteiger charge is -2.08. The van der Waals surface area contributed by atoms with Gasteiger partial charge in [0.05, 0.1) is 16.7 Å². The minimum Gasteiger partial charge on any atom is -0.490 e. The second-order valence-electron chi connectivity index (χ2n) is 4.54. The number of hydrogen-bond acceptors (Lipinski definition) is 3. The maximum absolute atomic E-state index is 11.9. The van der Waals surface area contributed by atoms with Crippen LogP contribution in [0.5, 0.6) is 5.75 Å². The predicted octanol–water partition coefficient (Wildman–Crippen LogP) is 1.50. The van der Waals surface area contributed by atoms with Gasteiger partial charge >= 0.3 is 5.97 Å². The number of fused-ring (bicyclic) bond motifs is 1. The molecule has 1 aromatic rings. The molecule has 1 aliphatic heterocycles. The number of hydrogen-bond donors (Lipinski definition) is 2. The Morgan fingerprint density at radius 2 is 2.18 bits per heavy atom. The van der Waals surface area contributed by atoms with Gasteiger partial charge in [-0.15, -0.1) is 0 Å². The molecule has 0 aromatic heterocycles. The first-order chi connectivity index (χ1) is 8.11. The monoisotopic (exact) mass is 233 g/mol. The molecule has 2 N–H and O–H groups in total. The first kappa shape index (κ1) is 10.1. The van der Waals surface area contributed by atoms with Crippen molar-refractivity contribution < 1.29 is 19.4 Å². The van der Waals surface area contributed by atoms with Gasteiger partial charge in [-0.25, -0.2) is 4.79 Å². The highest BCUT2D eigenvalue weighted by Crippen LogP contribution is 2.49. The van der Waals surface area contributed by atoms with Crippen LogP contribution in [0, 0.1) is 5.41 Å². The van der Waals surface area contributed by atoms with Crippen LogP contribution in [0.4, 0.5) is 5.69 Å². The van der Waals surface area contributed by atoms with Crippen molar-refractivity contribution in [1.82, 2.24) is 0 Å². The Morgan fingerprint density at radius 1 is 1.41 bits per heavy atom. The van der Waals surface area contributed by atoms with Gasteiger partial charge in [-0.3, -0.25) is 4.79 Å². The van der Waals surface area contributed by atoms with Crippen molar-refractivity contribution in [3.05, 3.63) is 23.8 Å². The molecule has 1 saturated carbocycles. The molecule has 0 atom stereocenters. The van der Waals surface area contributed by atoms with Crippen LogP contribution in [-0.4, -0.2) is 23.6 Å². The third-order valence-electron chi connectivity index (χ3n) is 3.32. The second-order valence-corrected chi connectivity index (χ2v) is 4.54. The fourth-order valence-corrected chi connectivity index (χ4v) is 1.94. The number of carboxylic acids is 1. The number of carbonyl (C=O) groups excluding carboxylic acids is 1. The highest BCUT2D eigenvalue weighted by Gasteiger charge is 2.52. The summed E-state index contributed by atoms with van der Waals surface area (Å²) >= 11 is 0. The molecule has 1 heterocycles. The highest BCUT2D eigenvalue weighted by atomic mass is 16.5. The topological polar surface area (TPSA) is 75.6 Å². The zero-order chi connectivity index (χ0) is 12.0. The minimum atomic E-state index is -1.01. The zero-order valence-electron chi connectivity index (χ0n) is 9.03. The second kappa shape index (κ2) is 3.23. The van der Waals surface area contributed by atoms with E-state index in [4.69, 9.17) is 9.84 Å². The minimum absolute atomic E-state index is 0.0284. The third-order valence-corrected chi connectivity index (χ3v) is 3.32. The standard InChI is InChI=1S/C12H11NO4/c14-10(15)7-1-2-8-9(5-7)17-6-12(3-4-12)11(16)13-8/h1-2,5H,3-4,6H2,(H,13,16)(H,14,15). The molecule has 2 aliphatic rings. The number of benzene rings is 1. The number of aromatic carboxylic acids is 1. The number of carbonyl (C=O) groups is 2. The van der Waals surface area contributed by atoms with Gasteiger partial charge in [-0.1, -0.05) is 0 Å². The van der Waals surface area contributed by atoms with Crippen molar-refractivity contribution in [2.75, 3.05) is 11.9 Å². The molecule has 1 aromatic carbocycles. The summed E-state index contributed by atoms with van der Waals surface area (Å²) in [5.41, 5.74) is 0.316. The molecule has 1 amide bonds. The predicted molar refractivity (Wildman–Crippen MR) is 59.2 cm³/mol. The summed E-state index contributed by atoms with van der Waals surface area (Å²) < 4.78 is 5.54. The Balaban J connectivity index is 1.98. The Bertz CT molecular complexity index is 519. The highest BCUT2D eigenvalue weighted by molar-refractivity contribution is 6.00. The molecule has 3 rings (SSSR count). The molecule has 0 unspecified atom stereocenters. The normalized spacial score (nSPS) is 19.9. The summed E-state index contributed by atoms with van der Waals surface area (Å²) in [6.45, 7) is 0.328. The SMILES string of the molecule is O=C(O)c1ccc2c(c1)OCC1(CC1)C(=O)N2. The lowest BCUT2D eigenvalue weighted by molar-refractivity contribution is -0.121. The Labute approximate surface area is 97.4 Å². The molecule has 1 spiro atoms. The van der Waals surface area contributed by atoms with Gasteiger partial charge in [0.15, 0.2) is 0 Å². The average Bonchev–Trinajstić information content (AvgIpc) is 3.09. The molecule has 5 nitrogen and oxygen atoms in total. The van der Waals surface area contributed by atoms with Crippen LogP contribution in [0.1, 0.15) is 23.2 Å². The number of ether oxygens (including phenoxy) is 1. The van der Waals surface area contributed by atoms with Gasteiger partial charge in [0, 0.05) is 0 Å². The van der Waals surface area contributed by atoms with Crippen LogP contribution in [0.15, 0.2) is 18.2 Å². The van der Waals surface area contributed by atoms with E-state index < -0.39 is 5.97 Å². The third kappa shape index (κ3) is 1.54. The van der Waals surface area contributed by atoms with Crippen molar-refractivity contribution in [3.63, 3.8) is 0 Å². The molecule has 0 radical (unpaired) electrons. The smallest absolute Gasteiger partial charge is 0.335 e. The van der Waals surface area contributed by atoms with Crippen molar-refractivity contribution in [2.45, 2.75) is 12.8 Å². The van der Waals surface area contributed by atoms with Crippen LogP contribution < -0.4 is 10.1 Å². The molecular weight excluding hydrogens is 222 g/mol. The maximum Gasteiger partial charge on any atom is 0.335 e. The van der Waals surface area contributed by atoms with Crippen molar-refractivity contribution in [3.8, 4) is 5.75 Å². The molecule has 17 heavy (non-hydrogen) atoms. The van der Waals surface area contributed by atoms with Crippen molar-refractivity contribution >= 4 is 17.6 Å². The van der Waals surface area contributed by atoms with E-state index in [1.165, 1.54) is 12.1 Å². The van der Waals surface area contributed by atoms with E-state index in [1.54, 1.807) is 6.07 Å². The molecule has 5 heteroatoms. The van der Waals surface area contributed by atoms with E-state index in [1.807, 2.05) is 0 Å². The van der Waals surface area contributed by atoms with E-state index in [0.29, 0.717) is 18.0 Å². The summed E-state index contributed by atoms with van der Waals surface area (Å²) in [5, 5.41) is 11.7. The van der Waals surface area contributed by atoms with Crippen LogP contribution in [0.2, 0.25) is 0 Å². The van der Waals surface area contributed by atoms with Crippen molar-refractivity contribution in [1.29, 1.82) is 0 Å². The van der Waals surface area contributed by atoms with E-state index in [9.17, 15) is 9.59 Å². The summed E-state index contributed by atoms with van der Waals surface area (Å²) in [6, 6.07) is 4.47. The van der Waals surface area contributed by atoms with Gasteiger partial charge in [0.25, 0.3) is 0 Å². The van der Waals surface area contributed by atoms with E-state index in [-0.39, 0.29) is 16.9 Å². The maximum atomic E-state index is 11.9. The fourth-order valence-electron chi connectivity index (χ4n) is 1.94. The van der Waals surface area contributed by atoms with E-state index in [2.05, 4.69) is 5.32 Å². The molecule has 88 valence electrons. The van der Waals surface area contributed by atoms with E-state index >= 15 is 0 Å². The number of nitrogens with one attached hydrogen (secondary N) is 1. The lowest BCUT2D eigenvalue weighted by Crippen LogP contribution is -2.26. The largest absolute Gasteiger partial charge is 0.490 e. The summed E-state index contributed by atoms with van der Waals surface area (Å²) in [6.07, 6.45) is 1.66. The quantitative estimate of drug-likeness (QED) is 0.770. The number of amides is 1. The lowest BCUT2D eigenvalue weighted by atomic mass is 10.1. The first-order valence-corrected chi connectivity index (χ1v) is 5.42. The average molecular weight is 233 g/mol. The fraction of sp³-hybridized carbons (Fsp3) is 0.333. The van der Waals surface area contributed by atoms with E-state index in [0.717, 1.165) is 12.8 Å². The molecule has 0 saturated heterocycles. The van der Waals surface area contributed by atoms with Crippen LogP contribution in [0.25, 0.3) is 0 Å². The van der Waals surface area contributed by atoms with Gasteiger partial charge < -0.3 is 15.2 Å².